The molecule has 0 aliphatic rings. The molecule has 0 unspecified atom stereocenters. The lowest BCUT2D eigenvalue weighted by molar-refractivity contribution is 0.0949. The van der Waals surface area contributed by atoms with E-state index in [4.69, 9.17) is 4.52 Å². The van der Waals surface area contributed by atoms with Crippen LogP contribution in [0.4, 0.5) is 0 Å². The van der Waals surface area contributed by atoms with Gasteiger partial charge in [0.1, 0.15) is 11.3 Å². The van der Waals surface area contributed by atoms with Gasteiger partial charge in [0, 0.05) is 18.9 Å². The standard InChI is InChI=1S/C17H18N4O2/c1-12-16(13(2)23-20-12)17(22)18-10-14-6-3-4-7-15(14)11-21-9-5-8-19-21/h3-9H,10-11H2,1-2H3,(H,18,22). The molecule has 0 radical (unpaired) electrons. The largest absolute Gasteiger partial charge is 0.361 e. The summed E-state index contributed by atoms with van der Waals surface area (Å²) in [5.41, 5.74) is 3.29. The first kappa shape index (κ1) is 15.0. The zero-order chi connectivity index (χ0) is 16.2. The van der Waals surface area contributed by atoms with Gasteiger partial charge in [-0.2, -0.15) is 5.10 Å². The van der Waals surface area contributed by atoms with Crippen molar-refractivity contribution in [3.05, 3.63) is 70.9 Å². The van der Waals surface area contributed by atoms with Crippen LogP contribution >= 0.6 is 0 Å². The van der Waals surface area contributed by atoms with Crippen molar-refractivity contribution in [1.82, 2.24) is 20.3 Å². The minimum absolute atomic E-state index is 0.171. The first-order chi connectivity index (χ1) is 11.1. The molecule has 3 rings (SSSR count). The lowest BCUT2D eigenvalue weighted by atomic mass is 10.1. The second-order valence-corrected chi connectivity index (χ2v) is 5.35. The topological polar surface area (TPSA) is 73.0 Å². The highest BCUT2D eigenvalue weighted by atomic mass is 16.5. The van der Waals surface area contributed by atoms with Gasteiger partial charge in [-0.25, -0.2) is 0 Å². The molecule has 0 saturated heterocycles. The molecule has 0 spiro atoms. The van der Waals surface area contributed by atoms with Crippen molar-refractivity contribution in [3.8, 4) is 0 Å². The van der Waals surface area contributed by atoms with Gasteiger partial charge in [0.25, 0.3) is 5.91 Å². The van der Waals surface area contributed by atoms with Crippen molar-refractivity contribution in [2.45, 2.75) is 26.9 Å². The van der Waals surface area contributed by atoms with Crippen LogP contribution in [0.25, 0.3) is 0 Å². The highest BCUT2D eigenvalue weighted by Gasteiger charge is 2.17. The number of amides is 1. The lowest BCUT2D eigenvalue weighted by Gasteiger charge is -2.11. The maximum atomic E-state index is 12.3. The number of rotatable bonds is 5. The van der Waals surface area contributed by atoms with Gasteiger partial charge in [-0.05, 0) is 31.0 Å². The number of carbonyl (C=O) groups is 1. The molecule has 23 heavy (non-hydrogen) atoms. The smallest absolute Gasteiger partial charge is 0.257 e. The average molecular weight is 310 g/mol. The van der Waals surface area contributed by atoms with Crippen molar-refractivity contribution in [2.75, 3.05) is 0 Å². The van der Waals surface area contributed by atoms with Gasteiger partial charge >= 0.3 is 0 Å². The van der Waals surface area contributed by atoms with Gasteiger partial charge in [0.05, 0.1) is 12.2 Å². The van der Waals surface area contributed by atoms with Crippen LogP contribution < -0.4 is 5.32 Å². The number of nitrogens with zero attached hydrogens (tertiary/aromatic N) is 3. The fourth-order valence-electron chi connectivity index (χ4n) is 2.52. The summed E-state index contributed by atoms with van der Waals surface area (Å²) in [5, 5.41) is 11.0. The maximum Gasteiger partial charge on any atom is 0.257 e. The molecule has 1 aromatic carbocycles. The third-order valence-corrected chi connectivity index (χ3v) is 3.71. The fourth-order valence-corrected chi connectivity index (χ4v) is 2.52. The molecular weight excluding hydrogens is 292 g/mol. The summed E-state index contributed by atoms with van der Waals surface area (Å²) in [4.78, 5) is 12.3. The van der Waals surface area contributed by atoms with Gasteiger partial charge < -0.3 is 9.84 Å². The van der Waals surface area contributed by atoms with Crippen LogP contribution in [0.1, 0.15) is 32.9 Å². The predicted octanol–water partition coefficient (Wildman–Crippen LogP) is 2.47. The van der Waals surface area contributed by atoms with Crippen LogP contribution in [-0.4, -0.2) is 20.8 Å². The highest BCUT2D eigenvalue weighted by Crippen LogP contribution is 2.14. The van der Waals surface area contributed by atoms with E-state index in [1.807, 2.05) is 41.2 Å². The number of hydrogen-bond acceptors (Lipinski definition) is 4. The predicted molar refractivity (Wildman–Crippen MR) is 84.9 cm³/mol. The average Bonchev–Trinajstić information content (AvgIpc) is 3.16. The van der Waals surface area contributed by atoms with E-state index in [2.05, 4.69) is 15.6 Å². The first-order valence-corrected chi connectivity index (χ1v) is 7.40. The van der Waals surface area contributed by atoms with Gasteiger partial charge in [-0.15, -0.1) is 0 Å². The first-order valence-electron chi connectivity index (χ1n) is 7.40. The molecule has 0 fully saturated rings. The Morgan fingerprint density at radius 1 is 1.22 bits per heavy atom. The minimum atomic E-state index is -0.171. The zero-order valence-corrected chi connectivity index (χ0v) is 13.1. The third kappa shape index (κ3) is 3.31. The number of hydrogen-bond donors (Lipinski definition) is 1. The monoisotopic (exact) mass is 310 g/mol. The van der Waals surface area contributed by atoms with E-state index in [9.17, 15) is 4.79 Å². The van der Waals surface area contributed by atoms with Crippen molar-refractivity contribution >= 4 is 5.91 Å². The van der Waals surface area contributed by atoms with Crippen molar-refractivity contribution in [3.63, 3.8) is 0 Å². The Bertz CT molecular complexity index is 786. The Labute approximate surface area is 134 Å². The highest BCUT2D eigenvalue weighted by molar-refractivity contribution is 5.96. The molecule has 0 aliphatic carbocycles. The minimum Gasteiger partial charge on any atom is -0.361 e. The quantitative estimate of drug-likeness (QED) is 0.785. The molecule has 2 aromatic heterocycles. The molecule has 0 aliphatic heterocycles. The van der Waals surface area contributed by atoms with Crippen molar-refractivity contribution in [1.29, 1.82) is 0 Å². The molecule has 6 heteroatoms. The lowest BCUT2D eigenvalue weighted by Crippen LogP contribution is -2.24. The number of benzene rings is 1. The molecular formula is C17H18N4O2. The van der Waals surface area contributed by atoms with Crippen LogP contribution in [0.5, 0.6) is 0 Å². The van der Waals surface area contributed by atoms with Crippen LogP contribution in [0.2, 0.25) is 0 Å². The second kappa shape index (κ2) is 6.48. The summed E-state index contributed by atoms with van der Waals surface area (Å²) in [6, 6.07) is 9.88. The normalized spacial score (nSPS) is 10.7. The number of carbonyl (C=O) groups excluding carboxylic acids is 1. The van der Waals surface area contributed by atoms with Gasteiger partial charge in [-0.1, -0.05) is 29.4 Å². The molecule has 1 amide bonds. The number of nitrogens with one attached hydrogen (secondary N) is 1. The zero-order valence-electron chi connectivity index (χ0n) is 13.1. The van der Waals surface area contributed by atoms with Gasteiger partial charge in [0.15, 0.2) is 0 Å². The second-order valence-electron chi connectivity index (χ2n) is 5.35. The van der Waals surface area contributed by atoms with Crippen LogP contribution in [0, 0.1) is 13.8 Å². The Hall–Kier alpha value is -2.89. The summed E-state index contributed by atoms with van der Waals surface area (Å²) >= 11 is 0. The van der Waals surface area contributed by atoms with Crippen molar-refractivity contribution in [2.24, 2.45) is 0 Å². The van der Waals surface area contributed by atoms with E-state index in [1.54, 1.807) is 20.0 Å². The summed E-state index contributed by atoms with van der Waals surface area (Å²) < 4.78 is 6.90. The SMILES string of the molecule is Cc1noc(C)c1C(=O)NCc1ccccc1Cn1cccn1. The molecule has 1 N–H and O–H groups in total. The molecule has 0 atom stereocenters. The summed E-state index contributed by atoms with van der Waals surface area (Å²) in [6.07, 6.45) is 3.67. The van der Waals surface area contributed by atoms with Gasteiger partial charge in [0.2, 0.25) is 0 Å². The van der Waals surface area contributed by atoms with Gasteiger partial charge in [-0.3, -0.25) is 9.48 Å². The van der Waals surface area contributed by atoms with Crippen LogP contribution in [-0.2, 0) is 13.1 Å². The Morgan fingerprint density at radius 2 is 2.00 bits per heavy atom. The van der Waals surface area contributed by atoms with E-state index in [0.29, 0.717) is 30.1 Å². The van der Waals surface area contributed by atoms with Crippen LogP contribution in [0.15, 0.2) is 47.2 Å². The molecule has 3 aromatic rings. The molecule has 0 bridgehead atoms. The van der Waals surface area contributed by atoms with Crippen LogP contribution in [0.3, 0.4) is 0 Å². The Kier molecular flexibility index (Phi) is 4.23. The van der Waals surface area contributed by atoms with E-state index in [-0.39, 0.29) is 5.91 Å². The maximum absolute atomic E-state index is 12.3. The van der Waals surface area contributed by atoms with E-state index in [0.717, 1.165) is 11.1 Å². The van der Waals surface area contributed by atoms with E-state index in [1.165, 1.54) is 0 Å². The number of aromatic nitrogens is 3. The van der Waals surface area contributed by atoms with Crippen molar-refractivity contribution < 1.29 is 9.32 Å². The molecule has 0 saturated carbocycles. The molecule has 118 valence electrons. The Balaban J connectivity index is 1.72. The Morgan fingerprint density at radius 3 is 2.65 bits per heavy atom. The van der Waals surface area contributed by atoms with E-state index < -0.39 is 0 Å². The molecule has 2 heterocycles. The third-order valence-electron chi connectivity index (χ3n) is 3.71. The summed E-state index contributed by atoms with van der Waals surface area (Å²) in [6.45, 7) is 4.61. The number of aryl methyl sites for hydroxylation is 2. The summed E-state index contributed by atoms with van der Waals surface area (Å²) in [5.74, 6) is 0.361. The fraction of sp³-hybridized carbons (Fsp3) is 0.235. The van der Waals surface area contributed by atoms with E-state index >= 15 is 0 Å². The summed E-state index contributed by atoms with van der Waals surface area (Å²) in [7, 11) is 0. The molecule has 6 nitrogen and oxygen atoms in total.